The van der Waals surface area contributed by atoms with Crippen molar-refractivity contribution in [3.05, 3.63) is 42.7 Å². The van der Waals surface area contributed by atoms with Crippen LogP contribution in [0.15, 0.2) is 37.2 Å². The van der Waals surface area contributed by atoms with Gasteiger partial charge in [-0.1, -0.05) is 6.08 Å². The number of aromatic nitrogens is 1. The molecule has 0 aromatic carbocycles. The highest BCUT2D eigenvalue weighted by Gasteiger charge is 2.06. The zero-order valence-corrected chi connectivity index (χ0v) is 9.61. The molecule has 2 nitrogen and oxygen atoms in total. The van der Waals surface area contributed by atoms with Crippen LogP contribution in [-0.2, 0) is 6.42 Å². The number of hydrogen-bond acceptors (Lipinski definition) is 2. The van der Waals surface area contributed by atoms with Crippen LogP contribution in [0.2, 0.25) is 0 Å². The minimum Gasteiger partial charge on any atom is -0.311 e. The van der Waals surface area contributed by atoms with E-state index in [9.17, 15) is 0 Å². The van der Waals surface area contributed by atoms with Crippen LogP contribution in [0.1, 0.15) is 25.8 Å². The minimum atomic E-state index is 0.488. The lowest BCUT2D eigenvalue weighted by molar-refractivity contribution is 0.467. The molecule has 0 fully saturated rings. The maximum absolute atomic E-state index is 4.01. The Morgan fingerprint density at radius 1 is 1.33 bits per heavy atom. The molecule has 0 radical (unpaired) electrons. The van der Waals surface area contributed by atoms with Crippen LogP contribution in [0, 0.1) is 0 Å². The van der Waals surface area contributed by atoms with Crippen molar-refractivity contribution in [3.8, 4) is 0 Å². The van der Waals surface area contributed by atoms with Crippen LogP contribution < -0.4 is 5.32 Å². The third-order valence-electron chi connectivity index (χ3n) is 2.38. The molecule has 0 saturated carbocycles. The fraction of sp³-hybridized carbons (Fsp3) is 0.462. The van der Waals surface area contributed by atoms with Crippen LogP contribution in [0.3, 0.4) is 0 Å². The van der Waals surface area contributed by atoms with E-state index in [1.807, 2.05) is 18.5 Å². The van der Waals surface area contributed by atoms with Gasteiger partial charge in [0, 0.05) is 24.5 Å². The van der Waals surface area contributed by atoms with E-state index >= 15 is 0 Å². The zero-order chi connectivity index (χ0) is 11.1. The van der Waals surface area contributed by atoms with E-state index < -0.39 is 0 Å². The monoisotopic (exact) mass is 204 g/mol. The third-order valence-corrected chi connectivity index (χ3v) is 2.38. The molecule has 0 bridgehead atoms. The zero-order valence-electron chi connectivity index (χ0n) is 9.61. The average Bonchev–Trinajstić information content (AvgIpc) is 2.19. The lowest BCUT2D eigenvalue weighted by Crippen LogP contribution is -2.35. The summed E-state index contributed by atoms with van der Waals surface area (Å²) in [5.74, 6) is 0. The highest BCUT2D eigenvalue weighted by molar-refractivity contribution is 5.11. The van der Waals surface area contributed by atoms with Gasteiger partial charge < -0.3 is 5.32 Å². The molecule has 0 aliphatic carbocycles. The SMILES string of the molecule is C=CCC(C)NC(C)Cc1ccncc1. The van der Waals surface area contributed by atoms with Gasteiger partial charge in [-0.15, -0.1) is 6.58 Å². The highest BCUT2D eigenvalue weighted by atomic mass is 14.9. The van der Waals surface area contributed by atoms with Crippen molar-refractivity contribution in [3.63, 3.8) is 0 Å². The second-order valence-electron chi connectivity index (χ2n) is 4.05. The van der Waals surface area contributed by atoms with Gasteiger partial charge in [0.25, 0.3) is 0 Å². The lowest BCUT2D eigenvalue weighted by atomic mass is 10.1. The molecule has 0 aliphatic rings. The van der Waals surface area contributed by atoms with Crippen LogP contribution in [0.25, 0.3) is 0 Å². The molecule has 2 unspecified atom stereocenters. The molecule has 0 saturated heterocycles. The second-order valence-corrected chi connectivity index (χ2v) is 4.05. The Labute approximate surface area is 92.4 Å². The largest absolute Gasteiger partial charge is 0.311 e. The van der Waals surface area contributed by atoms with Crippen LogP contribution in [-0.4, -0.2) is 17.1 Å². The standard InChI is InChI=1S/C13H20N2/c1-4-5-11(2)15-12(3)10-13-6-8-14-9-7-13/h4,6-9,11-12,15H,1,5,10H2,2-3H3. The van der Waals surface area contributed by atoms with E-state index in [4.69, 9.17) is 0 Å². The molecule has 0 aliphatic heterocycles. The number of nitrogens with zero attached hydrogens (tertiary/aromatic N) is 1. The van der Waals surface area contributed by atoms with Gasteiger partial charge >= 0.3 is 0 Å². The molecular weight excluding hydrogens is 184 g/mol. The molecule has 1 rings (SSSR count). The molecule has 2 atom stereocenters. The molecular formula is C13H20N2. The summed E-state index contributed by atoms with van der Waals surface area (Å²) in [5, 5.41) is 3.54. The molecule has 82 valence electrons. The van der Waals surface area contributed by atoms with E-state index in [-0.39, 0.29) is 0 Å². The summed E-state index contributed by atoms with van der Waals surface area (Å²) in [6, 6.07) is 5.12. The number of nitrogens with one attached hydrogen (secondary N) is 1. The van der Waals surface area contributed by atoms with Crippen molar-refractivity contribution >= 4 is 0 Å². The Kier molecular flexibility index (Phi) is 5.05. The summed E-state index contributed by atoms with van der Waals surface area (Å²) in [7, 11) is 0. The quantitative estimate of drug-likeness (QED) is 0.720. The molecule has 1 aromatic heterocycles. The highest BCUT2D eigenvalue weighted by Crippen LogP contribution is 2.03. The summed E-state index contributed by atoms with van der Waals surface area (Å²) in [6.45, 7) is 8.14. The molecule has 0 amide bonds. The van der Waals surface area contributed by atoms with E-state index in [2.05, 4.69) is 42.9 Å². The van der Waals surface area contributed by atoms with E-state index in [1.54, 1.807) is 0 Å². The van der Waals surface area contributed by atoms with Crippen molar-refractivity contribution < 1.29 is 0 Å². The van der Waals surface area contributed by atoms with Crippen molar-refractivity contribution in [2.45, 2.75) is 38.8 Å². The molecule has 2 heteroatoms. The summed E-state index contributed by atoms with van der Waals surface area (Å²) in [4.78, 5) is 4.01. The molecule has 0 spiro atoms. The van der Waals surface area contributed by atoms with E-state index in [0.29, 0.717) is 12.1 Å². The van der Waals surface area contributed by atoms with Gasteiger partial charge in [-0.3, -0.25) is 4.98 Å². The Morgan fingerprint density at radius 3 is 2.60 bits per heavy atom. The van der Waals surface area contributed by atoms with E-state index in [0.717, 1.165) is 12.8 Å². The maximum Gasteiger partial charge on any atom is 0.0270 e. The van der Waals surface area contributed by atoms with Gasteiger partial charge in [0.1, 0.15) is 0 Å². The molecule has 1 heterocycles. The fourth-order valence-electron chi connectivity index (χ4n) is 1.74. The Bertz CT molecular complexity index is 282. The minimum absolute atomic E-state index is 0.488. The van der Waals surface area contributed by atoms with Gasteiger partial charge in [0.2, 0.25) is 0 Å². The smallest absolute Gasteiger partial charge is 0.0270 e. The molecule has 1 aromatic rings. The maximum atomic E-state index is 4.01. The Hall–Kier alpha value is -1.15. The van der Waals surface area contributed by atoms with Crippen LogP contribution in [0.5, 0.6) is 0 Å². The summed E-state index contributed by atoms with van der Waals surface area (Å²) < 4.78 is 0. The van der Waals surface area contributed by atoms with Crippen LogP contribution >= 0.6 is 0 Å². The molecule has 15 heavy (non-hydrogen) atoms. The number of pyridine rings is 1. The first kappa shape index (κ1) is 11.9. The van der Waals surface area contributed by atoms with Gasteiger partial charge in [0.15, 0.2) is 0 Å². The molecule has 1 N–H and O–H groups in total. The predicted octanol–water partition coefficient (Wildman–Crippen LogP) is 2.57. The number of hydrogen-bond donors (Lipinski definition) is 1. The third kappa shape index (κ3) is 4.75. The van der Waals surface area contributed by atoms with Crippen molar-refractivity contribution in [2.24, 2.45) is 0 Å². The van der Waals surface area contributed by atoms with Crippen molar-refractivity contribution in [2.75, 3.05) is 0 Å². The summed E-state index contributed by atoms with van der Waals surface area (Å²) in [6.07, 6.45) is 7.70. The lowest BCUT2D eigenvalue weighted by Gasteiger charge is -2.18. The predicted molar refractivity (Wildman–Crippen MR) is 64.8 cm³/mol. The van der Waals surface area contributed by atoms with Gasteiger partial charge in [-0.05, 0) is 44.4 Å². The number of rotatable bonds is 6. The van der Waals surface area contributed by atoms with Gasteiger partial charge in [-0.2, -0.15) is 0 Å². The Morgan fingerprint density at radius 2 is 2.00 bits per heavy atom. The van der Waals surface area contributed by atoms with Gasteiger partial charge in [0.05, 0.1) is 0 Å². The first-order valence-corrected chi connectivity index (χ1v) is 5.48. The fourth-order valence-corrected chi connectivity index (χ4v) is 1.74. The second kappa shape index (κ2) is 6.36. The Balaban J connectivity index is 2.36. The average molecular weight is 204 g/mol. The van der Waals surface area contributed by atoms with E-state index in [1.165, 1.54) is 5.56 Å². The van der Waals surface area contributed by atoms with Crippen LogP contribution in [0.4, 0.5) is 0 Å². The summed E-state index contributed by atoms with van der Waals surface area (Å²) >= 11 is 0. The normalized spacial score (nSPS) is 14.5. The summed E-state index contributed by atoms with van der Waals surface area (Å²) in [5.41, 5.74) is 1.33. The van der Waals surface area contributed by atoms with Crippen molar-refractivity contribution in [1.82, 2.24) is 10.3 Å². The first-order valence-electron chi connectivity index (χ1n) is 5.48. The van der Waals surface area contributed by atoms with Crippen molar-refractivity contribution in [1.29, 1.82) is 0 Å². The first-order chi connectivity index (χ1) is 7.22. The topological polar surface area (TPSA) is 24.9 Å². The van der Waals surface area contributed by atoms with Gasteiger partial charge in [-0.25, -0.2) is 0 Å².